The number of hydrogen-bond donors (Lipinski definition) is 2. The molecule has 0 saturated carbocycles. The summed E-state index contributed by atoms with van der Waals surface area (Å²) in [5.41, 5.74) is -0.941. The summed E-state index contributed by atoms with van der Waals surface area (Å²) in [6.45, 7) is 6.24. The zero-order valence-corrected chi connectivity index (χ0v) is 11.3. The summed E-state index contributed by atoms with van der Waals surface area (Å²) in [6, 6.07) is -0.310. The normalized spacial score (nSPS) is 13.2. The van der Waals surface area contributed by atoms with Crippen LogP contribution in [0.25, 0.3) is 0 Å². The summed E-state index contributed by atoms with van der Waals surface area (Å²) in [7, 11) is 0. The molecule has 2 amide bonds. The molecule has 0 aliphatic carbocycles. The topological polar surface area (TPSA) is 69.6 Å². The Balaban J connectivity index is 4.47. The average molecular weight is 254 g/mol. The van der Waals surface area contributed by atoms with Crippen molar-refractivity contribution in [1.82, 2.24) is 10.2 Å². The first-order valence-electron chi connectivity index (χ1n) is 6.11. The number of carbonyl (C=O) groups excluding carboxylic acids is 1. The van der Waals surface area contributed by atoms with Gasteiger partial charge in [0.15, 0.2) is 0 Å². The maximum Gasteiger partial charge on any atom is 0.318 e. The number of hydrogen-bond acceptors (Lipinski definition) is 2. The fraction of sp³-hybridized carbons (Fsp3) is 0.692. The smallest absolute Gasteiger partial charge is 0.318 e. The second-order valence-corrected chi connectivity index (χ2v) is 4.50. The Morgan fingerprint density at radius 2 is 2.06 bits per heavy atom. The lowest BCUT2D eigenvalue weighted by atomic mass is 9.88. The molecule has 0 aromatic carbocycles. The Hall–Kier alpha value is -1.70. The van der Waals surface area contributed by atoms with E-state index in [1.54, 1.807) is 13.8 Å². The van der Waals surface area contributed by atoms with E-state index < -0.39 is 11.4 Å². The van der Waals surface area contributed by atoms with Crippen LogP contribution in [0, 0.1) is 17.8 Å². The number of nitrogens with zero attached hydrogens (tertiary/aromatic N) is 1. The van der Waals surface area contributed by atoms with Crippen LogP contribution in [-0.2, 0) is 4.79 Å². The molecule has 0 fully saturated rings. The monoisotopic (exact) mass is 254 g/mol. The van der Waals surface area contributed by atoms with Crippen molar-refractivity contribution in [2.45, 2.75) is 33.6 Å². The molecule has 18 heavy (non-hydrogen) atoms. The van der Waals surface area contributed by atoms with E-state index in [1.807, 2.05) is 6.92 Å². The Labute approximate surface area is 109 Å². The fourth-order valence-electron chi connectivity index (χ4n) is 1.37. The summed E-state index contributed by atoms with van der Waals surface area (Å²) in [5, 5.41) is 11.7. The first-order valence-corrected chi connectivity index (χ1v) is 6.11. The van der Waals surface area contributed by atoms with E-state index in [0.29, 0.717) is 13.0 Å². The van der Waals surface area contributed by atoms with E-state index in [0.717, 1.165) is 6.42 Å². The van der Waals surface area contributed by atoms with E-state index in [1.165, 1.54) is 4.90 Å². The largest absolute Gasteiger partial charge is 0.481 e. The molecule has 0 aliphatic rings. The molecule has 0 bridgehead atoms. The van der Waals surface area contributed by atoms with Gasteiger partial charge in [-0.15, -0.1) is 6.42 Å². The van der Waals surface area contributed by atoms with Gasteiger partial charge in [0.1, 0.15) is 0 Å². The fourth-order valence-corrected chi connectivity index (χ4v) is 1.37. The summed E-state index contributed by atoms with van der Waals surface area (Å²) in [4.78, 5) is 24.4. The molecule has 102 valence electrons. The number of amides is 2. The van der Waals surface area contributed by atoms with Crippen molar-refractivity contribution in [3.8, 4) is 12.3 Å². The van der Waals surface area contributed by atoms with Crippen LogP contribution in [-0.4, -0.2) is 41.6 Å². The lowest BCUT2D eigenvalue weighted by Gasteiger charge is -2.26. The number of nitrogens with one attached hydrogen (secondary N) is 1. The Bertz CT molecular complexity index is 336. The molecule has 0 saturated heterocycles. The molecular weight excluding hydrogens is 232 g/mol. The number of carbonyl (C=O) groups is 2. The van der Waals surface area contributed by atoms with Gasteiger partial charge in [-0.05, 0) is 19.8 Å². The lowest BCUT2D eigenvalue weighted by molar-refractivity contribution is -0.147. The number of urea groups is 1. The van der Waals surface area contributed by atoms with E-state index in [4.69, 9.17) is 11.5 Å². The molecule has 0 spiro atoms. The van der Waals surface area contributed by atoms with Gasteiger partial charge >= 0.3 is 12.0 Å². The van der Waals surface area contributed by atoms with Crippen molar-refractivity contribution in [1.29, 1.82) is 0 Å². The maximum atomic E-state index is 11.8. The highest BCUT2D eigenvalue weighted by atomic mass is 16.4. The van der Waals surface area contributed by atoms with Crippen LogP contribution in [0.3, 0.4) is 0 Å². The molecule has 0 aromatic heterocycles. The summed E-state index contributed by atoms with van der Waals surface area (Å²) in [6.07, 6.45) is 6.44. The van der Waals surface area contributed by atoms with Gasteiger partial charge in [-0.25, -0.2) is 4.79 Å². The van der Waals surface area contributed by atoms with Gasteiger partial charge in [0.2, 0.25) is 0 Å². The van der Waals surface area contributed by atoms with E-state index >= 15 is 0 Å². The van der Waals surface area contributed by atoms with Gasteiger partial charge in [-0.3, -0.25) is 4.79 Å². The van der Waals surface area contributed by atoms with Gasteiger partial charge in [0, 0.05) is 13.1 Å². The van der Waals surface area contributed by atoms with Gasteiger partial charge in [-0.2, -0.15) is 0 Å². The van der Waals surface area contributed by atoms with Crippen LogP contribution in [0.4, 0.5) is 4.79 Å². The summed E-state index contributed by atoms with van der Waals surface area (Å²) >= 11 is 0. The van der Waals surface area contributed by atoms with Crippen LogP contribution in [0.15, 0.2) is 0 Å². The van der Waals surface area contributed by atoms with Crippen LogP contribution < -0.4 is 5.32 Å². The number of terminal acetylenes is 1. The minimum absolute atomic E-state index is 0.0997. The SMILES string of the molecule is C#CCN(CCC)C(=O)NCC(C)(CC)C(=O)O. The van der Waals surface area contributed by atoms with E-state index in [9.17, 15) is 9.59 Å². The van der Waals surface area contributed by atoms with Crippen molar-refractivity contribution >= 4 is 12.0 Å². The number of aliphatic carboxylic acids is 1. The number of carboxylic acids is 1. The molecular formula is C13H22N2O3. The molecule has 0 radical (unpaired) electrons. The molecule has 0 rings (SSSR count). The summed E-state index contributed by atoms with van der Waals surface area (Å²) < 4.78 is 0. The van der Waals surface area contributed by atoms with Crippen LogP contribution >= 0.6 is 0 Å². The van der Waals surface area contributed by atoms with Crippen molar-refractivity contribution < 1.29 is 14.7 Å². The Kier molecular flexibility index (Phi) is 6.88. The second-order valence-electron chi connectivity index (χ2n) is 4.50. The maximum absolute atomic E-state index is 11.8. The molecule has 2 N–H and O–H groups in total. The first kappa shape index (κ1) is 16.3. The third-order valence-corrected chi connectivity index (χ3v) is 2.99. The Morgan fingerprint density at radius 3 is 2.44 bits per heavy atom. The van der Waals surface area contributed by atoms with Crippen LogP contribution in [0.1, 0.15) is 33.6 Å². The predicted octanol–water partition coefficient (Wildman–Crippen LogP) is 1.54. The van der Waals surface area contributed by atoms with Crippen molar-refractivity contribution in [2.75, 3.05) is 19.6 Å². The molecule has 5 heteroatoms. The van der Waals surface area contributed by atoms with Gasteiger partial charge in [0.05, 0.1) is 12.0 Å². The minimum Gasteiger partial charge on any atom is -0.481 e. The quantitative estimate of drug-likeness (QED) is 0.677. The molecule has 1 unspecified atom stereocenters. The molecule has 0 aromatic rings. The summed E-state index contributed by atoms with van der Waals surface area (Å²) in [5.74, 6) is 1.50. The highest BCUT2D eigenvalue weighted by molar-refractivity contribution is 5.78. The van der Waals surface area contributed by atoms with Gasteiger partial charge in [0.25, 0.3) is 0 Å². The zero-order chi connectivity index (χ0) is 14.2. The van der Waals surface area contributed by atoms with Crippen LogP contribution in [0.5, 0.6) is 0 Å². The van der Waals surface area contributed by atoms with Gasteiger partial charge in [-0.1, -0.05) is 19.8 Å². The number of carboxylic acid groups (broad SMARTS) is 1. The lowest BCUT2D eigenvalue weighted by Crippen LogP contribution is -2.46. The highest BCUT2D eigenvalue weighted by Gasteiger charge is 2.31. The second kappa shape index (κ2) is 7.59. The standard InChI is InChI=1S/C13H22N2O3/c1-5-8-15(9-6-2)12(18)14-10-13(4,7-3)11(16)17/h1H,6-10H2,2-4H3,(H,14,18)(H,16,17). The van der Waals surface area contributed by atoms with Crippen molar-refractivity contribution in [3.05, 3.63) is 0 Å². The average Bonchev–Trinajstić information content (AvgIpc) is 2.35. The third kappa shape index (κ3) is 4.66. The van der Waals surface area contributed by atoms with E-state index in [-0.39, 0.29) is 19.1 Å². The zero-order valence-electron chi connectivity index (χ0n) is 11.3. The first-order chi connectivity index (χ1) is 8.41. The molecule has 5 nitrogen and oxygen atoms in total. The van der Waals surface area contributed by atoms with Crippen LogP contribution in [0.2, 0.25) is 0 Å². The molecule has 0 heterocycles. The Morgan fingerprint density at radius 1 is 1.44 bits per heavy atom. The minimum atomic E-state index is -0.941. The predicted molar refractivity (Wildman–Crippen MR) is 70.1 cm³/mol. The highest BCUT2D eigenvalue weighted by Crippen LogP contribution is 2.19. The van der Waals surface area contributed by atoms with E-state index in [2.05, 4.69) is 11.2 Å². The number of rotatable bonds is 7. The molecule has 0 aliphatic heterocycles. The van der Waals surface area contributed by atoms with Crippen molar-refractivity contribution in [2.24, 2.45) is 5.41 Å². The molecule has 1 atom stereocenters. The van der Waals surface area contributed by atoms with Crippen molar-refractivity contribution in [3.63, 3.8) is 0 Å². The third-order valence-electron chi connectivity index (χ3n) is 2.99. The van der Waals surface area contributed by atoms with Gasteiger partial charge < -0.3 is 15.3 Å².